The number of sulfonamides is 1. The van der Waals surface area contributed by atoms with Crippen molar-refractivity contribution in [3.05, 3.63) is 24.3 Å². The van der Waals surface area contributed by atoms with Crippen molar-refractivity contribution in [3.63, 3.8) is 0 Å². The van der Waals surface area contributed by atoms with Crippen LogP contribution in [0.4, 0.5) is 0 Å². The van der Waals surface area contributed by atoms with Crippen molar-refractivity contribution in [1.29, 1.82) is 0 Å². The number of hydrogen-bond donors (Lipinski definition) is 3. The lowest BCUT2D eigenvalue weighted by Gasteiger charge is -2.37. The molecule has 1 atom stereocenters. The number of carbonyl (C=O) groups excluding carboxylic acids is 1. The Balaban J connectivity index is 3.40. The first-order valence-electron chi connectivity index (χ1n) is 7.30. The minimum Gasteiger partial charge on any atom is -0.497 e. The molecule has 0 unspecified atom stereocenters. The molecule has 0 bridgehead atoms. The first-order chi connectivity index (χ1) is 11.1. The molecule has 136 valence electrons. The molecule has 0 aliphatic carbocycles. The molecule has 8 nitrogen and oxygen atoms in total. The van der Waals surface area contributed by atoms with Crippen molar-refractivity contribution in [2.45, 2.75) is 31.7 Å². The molecule has 3 N–H and O–H groups in total. The summed E-state index contributed by atoms with van der Waals surface area (Å²) in [5.41, 5.74) is 0.688. The molecular weight excluding hydrogens is 336 g/mol. The van der Waals surface area contributed by atoms with Crippen molar-refractivity contribution in [3.8, 4) is 5.75 Å². The fourth-order valence-electron chi connectivity index (χ4n) is 2.39. The maximum absolute atomic E-state index is 12.9. The van der Waals surface area contributed by atoms with E-state index in [1.807, 2.05) is 0 Å². The van der Waals surface area contributed by atoms with E-state index in [1.165, 1.54) is 36.9 Å². The van der Waals surface area contributed by atoms with Crippen LogP contribution in [0.25, 0.3) is 0 Å². The number of hydrogen-bond acceptors (Lipinski definition) is 6. The largest absolute Gasteiger partial charge is 0.497 e. The van der Waals surface area contributed by atoms with E-state index in [0.29, 0.717) is 5.75 Å². The Kier molecular flexibility index (Phi) is 6.73. The van der Waals surface area contributed by atoms with Crippen molar-refractivity contribution < 1.29 is 28.3 Å². The highest BCUT2D eigenvalue weighted by atomic mass is 32.2. The van der Waals surface area contributed by atoms with E-state index in [-0.39, 0.29) is 11.4 Å². The van der Waals surface area contributed by atoms with Gasteiger partial charge in [0.05, 0.1) is 18.6 Å². The molecule has 0 aromatic heterocycles. The highest BCUT2D eigenvalue weighted by Gasteiger charge is 2.42. The normalized spacial score (nSPS) is 13.6. The van der Waals surface area contributed by atoms with Crippen LogP contribution in [0.3, 0.4) is 0 Å². The van der Waals surface area contributed by atoms with E-state index >= 15 is 0 Å². The number of aliphatic hydroxyl groups excluding tert-OH is 1. The number of nitrogens with one attached hydrogen (secondary N) is 1. The van der Waals surface area contributed by atoms with Crippen LogP contribution in [0.1, 0.15) is 20.8 Å². The van der Waals surface area contributed by atoms with Gasteiger partial charge >= 0.3 is 0 Å². The van der Waals surface area contributed by atoms with E-state index in [2.05, 4.69) is 0 Å². The third kappa shape index (κ3) is 4.44. The van der Waals surface area contributed by atoms with Crippen molar-refractivity contribution in [1.82, 2.24) is 9.79 Å². The topological polar surface area (TPSA) is 116 Å². The first kappa shape index (κ1) is 20.4. The zero-order valence-electron chi connectivity index (χ0n) is 14.2. The van der Waals surface area contributed by atoms with Crippen LogP contribution in [0.15, 0.2) is 29.2 Å². The molecular formula is C15H24N2O6S. The summed E-state index contributed by atoms with van der Waals surface area (Å²) in [6.07, 6.45) is 0. The number of carbonyl (C=O) groups is 1. The molecule has 0 aliphatic rings. The summed E-state index contributed by atoms with van der Waals surface area (Å²) in [7, 11) is -2.62. The predicted octanol–water partition coefficient (Wildman–Crippen LogP) is 0.598. The van der Waals surface area contributed by atoms with Gasteiger partial charge in [-0.15, -0.1) is 0 Å². The molecule has 1 aromatic rings. The first-order valence-corrected chi connectivity index (χ1v) is 8.74. The van der Waals surface area contributed by atoms with Gasteiger partial charge in [-0.3, -0.25) is 10.0 Å². The fourth-order valence-corrected chi connectivity index (χ4v) is 4.15. The zero-order chi connectivity index (χ0) is 18.5. The minimum atomic E-state index is -4.08. The van der Waals surface area contributed by atoms with Gasteiger partial charge in [0.2, 0.25) is 10.0 Å². The molecule has 0 saturated carbocycles. The van der Waals surface area contributed by atoms with Gasteiger partial charge in [0.15, 0.2) is 0 Å². The van der Waals surface area contributed by atoms with Crippen LogP contribution in [0, 0.1) is 5.41 Å². The van der Waals surface area contributed by atoms with Gasteiger partial charge in [-0.2, -0.15) is 4.31 Å². The Labute approximate surface area is 142 Å². The van der Waals surface area contributed by atoms with Gasteiger partial charge in [0.1, 0.15) is 11.8 Å². The van der Waals surface area contributed by atoms with Crippen molar-refractivity contribution in [2.24, 2.45) is 5.41 Å². The van der Waals surface area contributed by atoms with Crippen LogP contribution >= 0.6 is 0 Å². The summed E-state index contributed by atoms with van der Waals surface area (Å²) < 4.78 is 31.8. The number of benzene rings is 1. The monoisotopic (exact) mass is 360 g/mol. The van der Waals surface area contributed by atoms with Gasteiger partial charge in [0.25, 0.3) is 5.91 Å². The maximum atomic E-state index is 12.9. The Morgan fingerprint density at radius 1 is 1.29 bits per heavy atom. The number of hydroxylamine groups is 1. The third-order valence-electron chi connectivity index (χ3n) is 3.45. The Morgan fingerprint density at radius 2 is 1.83 bits per heavy atom. The van der Waals surface area contributed by atoms with Crippen molar-refractivity contribution in [2.75, 3.05) is 20.3 Å². The average molecular weight is 360 g/mol. The van der Waals surface area contributed by atoms with E-state index < -0.39 is 34.0 Å². The number of nitrogens with zero attached hydrogens (tertiary/aromatic N) is 1. The molecule has 0 radical (unpaired) electrons. The standard InChI is InChI=1S/C15H24N2O6S/c1-15(2,3)13(14(19)16-20)17(9-10-18)24(21,22)12-7-5-11(23-4)6-8-12/h5-8,13,18,20H,9-10H2,1-4H3,(H,16,19)/t13-/m0/s1. The Hall–Kier alpha value is -1.68. The molecule has 0 spiro atoms. The number of rotatable bonds is 7. The number of aliphatic hydroxyl groups is 1. The zero-order valence-corrected chi connectivity index (χ0v) is 15.0. The number of ether oxygens (including phenoxy) is 1. The van der Waals surface area contributed by atoms with Crippen LogP contribution < -0.4 is 10.2 Å². The highest BCUT2D eigenvalue weighted by Crippen LogP contribution is 2.30. The summed E-state index contributed by atoms with van der Waals surface area (Å²) in [6, 6.07) is 4.48. The van der Waals surface area contributed by atoms with E-state index in [1.54, 1.807) is 20.8 Å². The quantitative estimate of drug-likeness (QED) is 0.484. The van der Waals surface area contributed by atoms with Gasteiger partial charge < -0.3 is 9.84 Å². The number of methoxy groups -OCH3 is 1. The second kappa shape index (κ2) is 7.93. The molecule has 9 heteroatoms. The molecule has 1 aromatic carbocycles. The van der Waals surface area contributed by atoms with Crippen LogP contribution in [0.5, 0.6) is 5.75 Å². The summed E-state index contributed by atoms with van der Waals surface area (Å²) in [4.78, 5) is 12.0. The lowest BCUT2D eigenvalue weighted by molar-refractivity contribution is -0.136. The van der Waals surface area contributed by atoms with Crippen LogP contribution in [-0.2, 0) is 14.8 Å². The third-order valence-corrected chi connectivity index (χ3v) is 5.33. The Bertz CT molecular complexity index is 652. The summed E-state index contributed by atoms with van der Waals surface area (Å²) >= 11 is 0. The van der Waals surface area contributed by atoms with E-state index in [9.17, 15) is 18.3 Å². The smallest absolute Gasteiger partial charge is 0.262 e. The predicted molar refractivity (Wildman–Crippen MR) is 87.1 cm³/mol. The average Bonchev–Trinajstić information content (AvgIpc) is 2.52. The fraction of sp³-hybridized carbons (Fsp3) is 0.533. The Morgan fingerprint density at radius 3 is 2.21 bits per heavy atom. The maximum Gasteiger partial charge on any atom is 0.262 e. The van der Waals surface area contributed by atoms with Crippen LogP contribution in [-0.4, -0.2) is 55.2 Å². The summed E-state index contributed by atoms with van der Waals surface area (Å²) in [6.45, 7) is 4.24. The lowest BCUT2D eigenvalue weighted by atomic mass is 9.86. The number of amides is 1. The van der Waals surface area contributed by atoms with E-state index in [0.717, 1.165) is 4.31 Å². The molecule has 1 amide bonds. The minimum absolute atomic E-state index is 0.0447. The molecule has 0 fully saturated rings. The SMILES string of the molecule is COc1ccc(S(=O)(=O)N(CCO)[C@@H](C(=O)NO)C(C)(C)C)cc1. The molecule has 1 rings (SSSR count). The van der Waals surface area contributed by atoms with Gasteiger partial charge in [0, 0.05) is 6.54 Å². The highest BCUT2D eigenvalue weighted by molar-refractivity contribution is 7.89. The summed E-state index contributed by atoms with van der Waals surface area (Å²) in [5, 5.41) is 18.3. The second-order valence-corrected chi connectivity index (χ2v) is 8.15. The van der Waals surface area contributed by atoms with E-state index in [4.69, 9.17) is 9.94 Å². The molecule has 0 aliphatic heterocycles. The molecule has 0 heterocycles. The lowest BCUT2D eigenvalue weighted by Crippen LogP contribution is -2.55. The molecule has 24 heavy (non-hydrogen) atoms. The van der Waals surface area contributed by atoms with Gasteiger partial charge in [-0.05, 0) is 29.7 Å². The van der Waals surface area contributed by atoms with Crippen molar-refractivity contribution >= 4 is 15.9 Å². The van der Waals surface area contributed by atoms with Gasteiger partial charge in [-0.1, -0.05) is 20.8 Å². The molecule has 0 saturated heterocycles. The summed E-state index contributed by atoms with van der Waals surface area (Å²) in [5.74, 6) is -0.379. The van der Waals surface area contributed by atoms with Gasteiger partial charge in [-0.25, -0.2) is 13.9 Å². The van der Waals surface area contributed by atoms with Crippen LogP contribution in [0.2, 0.25) is 0 Å². The second-order valence-electron chi connectivity index (χ2n) is 6.26.